The normalized spacial score (nSPS) is 18.0. The quantitative estimate of drug-likeness (QED) is 0.469. The molecular formula is C24H21N3O4. The number of nitrogens with zero attached hydrogens (tertiary/aromatic N) is 2. The van der Waals surface area contributed by atoms with Crippen LogP contribution < -0.4 is 0 Å². The summed E-state index contributed by atoms with van der Waals surface area (Å²) in [6.45, 7) is 4.01. The van der Waals surface area contributed by atoms with Gasteiger partial charge in [-0.3, -0.25) is 5.10 Å². The number of nitrogens with one attached hydrogen (secondary N) is 1. The van der Waals surface area contributed by atoms with Crippen LogP contribution in [-0.4, -0.2) is 34.0 Å². The average Bonchev–Trinajstić information content (AvgIpc) is 3.21. The van der Waals surface area contributed by atoms with E-state index >= 15 is 0 Å². The zero-order valence-corrected chi connectivity index (χ0v) is 17.2. The van der Waals surface area contributed by atoms with E-state index in [1.165, 1.54) is 0 Å². The Kier molecular flexibility index (Phi) is 4.97. The Morgan fingerprint density at radius 2 is 1.71 bits per heavy atom. The predicted octanol–water partition coefficient (Wildman–Crippen LogP) is 4.86. The Hall–Kier alpha value is -3.55. The monoisotopic (exact) mass is 415 g/mol. The minimum Gasteiger partial charge on any atom is -0.462 e. The van der Waals surface area contributed by atoms with Crippen LogP contribution >= 0.6 is 0 Å². The van der Waals surface area contributed by atoms with Gasteiger partial charge in [-0.15, -0.1) is 0 Å². The molecule has 2 aromatic carbocycles. The van der Waals surface area contributed by atoms with Crippen molar-refractivity contribution in [1.82, 2.24) is 15.2 Å². The highest BCUT2D eigenvalue weighted by Crippen LogP contribution is 2.33. The molecule has 1 N–H and O–H groups in total. The van der Waals surface area contributed by atoms with E-state index in [2.05, 4.69) is 15.2 Å². The fourth-order valence-electron chi connectivity index (χ4n) is 3.59. The molecule has 7 heteroatoms. The number of carbonyl (C=O) groups excluding carboxylic acids is 1. The van der Waals surface area contributed by atoms with E-state index in [9.17, 15) is 4.79 Å². The maximum absolute atomic E-state index is 11.8. The highest BCUT2D eigenvalue weighted by atomic mass is 16.9. The average molecular weight is 415 g/mol. The van der Waals surface area contributed by atoms with Gasteiger partial charge in [0.15, 0.2) is 18.2 Å². The molecule has 0 spiro atoms. The topological polar surface area (TPSA) is 86.3 Å². The number of hydrogen-bond donors (Lipinski definition) is 1. The number of hydrogen-bond acceptors (Lipinski definition) is 6. The van der Waals surface area contributed by atoms with Gasteiger partial charge in [0.05, 0.1) is 23.6 Å². The first-order valence-corrected chi connectivity index (χ1v) is 10.2. The molecule has 0 amide bonds. The molecule has 1 saturated heterocycles. The summed E-state index contributed by atoms with van der Waals surface area (Å²) in [5.74, 6) is -0.328. The van der Waals surface area contributed by atoms with E-state index in [1.807, 2.05) is 55.5 Å². The van der Waals surface area contributed by atoms with E-state index in [-0.39, 0.29) is 18.5 Å². The molecule has 0 saturated carbocycles. The number of esters is 1. The van der Waals surface area contributed by atoms with Crippen molar-refractivity contribution >= 4 is 17.0 Å². The molecule has 1 aliphatic rings. The molecule has 156 valence electrons. The lowest BCUT2D eigenvalue weighted by Crippen LogP contribution is -2.31. The largest absolute Gasteiger partial charge is 0.462 e. The second-order valence-corrected chi connectivity index (χ2v) is 7.26. The van der Waals surface area contributed by atoms with E-state index in [0.717, 1.165) is 33.5 Å². The Bertz CT molecular complexity index is 1230. The smallest absolute Gasteiger partial charge is 0.338 e. The van der Waals surface area contributed by atoms with Gasteiger partial charge in [0.25, 0.3) is 0 Å². The van der Waals surface area contributed by atoms with Gasteiger partial charge in [0.1, 0.15) is 0 Å². The highest BCUT2D eigenvalue weighted by Gasteiger charge is 2.28. The SMILES string of the molecule is CCOC(=O)c1ccc(-c2ccc3c(-c4ccc(C5OC(C)O5)cc4)[nH]nc3n2)cc1. The molecule has 0 atom stereocenters. The fraction of sp³-hybridized carbons (Fsp3) is 0.208. The molecule has 4 aromatic rings. The molecule has 0 unspecified atom stereocenters. The third-order valence-electron chi connectivity index (χ3n) is 5.21. The number of rotatable bonds is 5. The molecule has 0 radical (unpaired) electrons. The zero-order chi connectivity index (χ0) is 21.4. The molecule has 5 rings (SSSR count). The third kappa shape index (κ3) is 3.69. The number of fused-ring (bicyclic) bond motifs is 1. The second kappa shape index (κ2) is 7.94. The molecule has 0 aliphatic carbocycles. The fourth-order valence-corrected chi connectivity index (χ4v) is 3.59. The van der Waals surface area contributed by atoms with Crippen LogP contribution in [0.1, 0.15) is 36.1 Å². The van der Waals surface area contributed by atoms with Crippen LogP contribution in [0.15, 0.2) is 60.7 Å². The van der Waals surface area contributed by atoms with E-state index in [4.69, 9.17) is 14.2 Å². The van der Waals surface area contributed by atoms with Crippen LogP contribution in [0.5, 0.6) is 0 Å². The molecule has 0 bridgehead atoms. The van der Waals surface area contributed by atoms with Gasteiger partial charge >= 0.3 is 5.97 Å². The molecule has 2 aromatic heterocycles. The second-order valence-electron chi connectivity index (χ2n) is 7.26. The number of aromatic amines is 1. The maximum Gasteiger partial charge on any atom is 0.338 e. The number of aromatic nitrogens is 3. The number of H-pyrrole nitrogens is 1. The summed E-state index contributed by atoms with van der Waals surface area (Å²) in [6, 6.07) is 19.2. The van der Waals surface area contributed by atoms with Crippen molar-refractivity contribution in [2.24, 2.45) is 0 Å². The van der Waals surface area contributed by atoms with Crippen molar-refractivity contribution in [2.45, 2.75) is 26.4 Å². The molecule has 3 heterocycles. The van der Waals surface area contributed by atoms with Crippen LogP contribution in [0.4, 0.5) is 0 Å². The van der Waals surface area contributed by atoms with Gasteiger partial charge in [-0.1, -0.05) is 36.4 Å². The van der Waals surface area contributed by atoms with Crippen LogP contribution in [0.3, 0.4) is 0 Å². The van der Waals surface area contributed by atoms with Crippen molar-refractivity contribution in [3.8, 4) is 22.5 Å². The lowest BCUT2D eigenvalue weighted by Gasteiger charge is -2.33. The number of pyridine rings is 1. The van der Waals surface area contributed by atoms with Crippen LogP contribution in [-0.2, 0) is 14.2 Å². The van der Waals surface area contributed by atoms with Crippen molar-refractivity contribution in [1.29, 1.82) is 0 Å². The minimum atomic E-state index is -0.328. The summed E-state index contributed by atoms with van der Waals surface area (Å²) in [5, 5.41) is 8.42. The summed E-state index contributed by atoms with van der Waals surface area (Å²) in [6.07, 6.45) is -0.440. The minimum absolute atomic E-state index is 0.150. The Labute approximate surface area is 179 Å². The number of ether oxygens (including phenoxy) is 3. The van der Waals surface area contributed by atoms with Crippen LogP contribution in [0.2, 0.25) is 0 Å². The van der Waals surface area contributed by atoms with Gasteiger partial charge in [-0.25, -0.2) is 9.78 Å². The summed E-state index contributed by atoms with van der Waals surface area (Å²) in [5.41, 5.74) is 5.73. The van der Waals surface area contributed by atoms with E-state index in [0.29, 0.717) is 17.8 Å². The van der Waals surface area contributed by atoms with Gasteiger partial charge in [-0.05, 0) is 38.1 Å². The molecule has 7 nitrogen and oxygen atoms in total. The van der Waals surface area contributed by atoms with Crippen molar-refractivity contribution in [3.05, 3.63) is 71.8 Å². The Morgan fingerprint density at radius 1 is 1.00 bits per heavy atom. The molecule has 1 aliphatic heterocycles. The molecule has 1 fully saturated rings. The summed E-state index contributed by atoms with van der Waals surface area (Å²) < 4.78 is 16.1. The van der Waals surface area contributed by atoms with Gasteiger partial charge < -0.3 is 14.2 Å². The van der Waals surface area contributed by atoms with E-state index in [1.54, 1.807) is 19.1 Å². The van der Waals surface area contributed by atoms with Crippen LogP contribution in [0.25, 0.3) is 33.5 Å². The molecular weight excluding hydrogens is 394 g/mol. The summed E-state index contributed by atoms with van der Waals surface area (Å²) >= 11 is 0. The van der Waals surface area contributed by atoms with E-state index < -0.39 is 0 Å². The summed E-state index contributed by atoms with van der Waals surface area (Å²) in [7, 11) is 0. The highest BCUT2D eigenvalue weighted by molar-refractivity contribution is 5.92. The third-order valence-corrected chi connectivity index (χ3v) is 5.21. The number of carbonyl (C=O) groups is 1. The van der Waals surface area contributed by atoms with Crippen molar-refractivity contribution in [2.75, 3.05) is 6.61 Å². The Balaban J connectivity index is 1.39. The summed E-state index contributed by atoms with van der Waals surface area (Å²) in [4.78, 5) is 16.5. The maximum atomic E-state index is 11.8. The standard InChI is InChI=1S/C24H21N3O4/c1-3-29-23(28)17-8-4-15(5-9-17)20-13-12-19-21(26-27-22(19)25-20)16-6-10-18(11-7-16)24-30-14(2)31-24/h4-14,24H,3H2,1-2H3,(H,25,26,27). The Morgan fingerprint density at radius 3 is 2.39 bits per heavy atom. The first kappa shape index (κ1) is 19.4. The first-order chi connectivity index (χ1) is 15.1. The predicted molar refractivity (Wildman–Crippen MR) is 115 cm³/mol. The van der Waals surface area contributed by atoms with Gasteiger partial charge in [-0.2, -0.15) is 5.10 Å². The van der Waals surface area contributed by atoms with Gasteiger partial charge in [0, 0.05) is 22.1 Å². The van der Waals surface area contributed by atoms with Crippen molar-refractivity contribution in [3.63, 3.8) is 0 Å². The molecule has 31 heavy (non-hydrogen) atoms. The zero-order valence-electron chi connectivity index (χ0n) is 17.2. The lowest BCUT2D eigenvalue weighted by molar-refractivity contribution is -0.382. The number of benzene rings is 2. The van der Waals surface area contributed by atoms with Crippen LogP contribution in [0, 0.1) is 0 Å². The first-order valence-electron chi connectivity index (χ1n) is 10.2. The van der Waals surface area contributed by atoms with Gasteiger partial charge in [0.2, 0.25) is 0 Å². The van der Waals surface area contributed by atoms with Crippen molar-refractivity contribution < 1.29 is 19.0 Å². The lowest BCUT2D eigenvalue weighted by atomic mass is 10.0.